The van der Waals surface area contributed by atoms with Crippen LogP contribution >= 0.6 is 0 Å². The molecule has 3 rings (SSSR count). The zero-order valence-corrected chi connectivity index (χ0v) is 16.0. The number of rotatable bonds is 8. The number of ether oxygens (including phenoxy) is 3. The highest BCUT2D eigenvalue weighted by Crippen LogP contribution is 2.39. The molecule has 1 N–H and O–H groups in total. The van der Waals surface area contributed by atoms with Crippen molar-refractivity contribution in [1.82, 2.24) is 5.27 Å². The van der Waals surface area contributed by atoms with Crippen LogP contribution in [0.1, 0.15) is 15.9 Å². The van der Waals surface area contributed by atoms with E-state index in [0.717, 1.165) is 6.42 Å². The number of nitrogens with one attached hydrogen (secondary N) is 1. The van der Waals surface area contributed by atoms with Crippen LogP contribution in [0.25, 0.3) is 0 Å². The minimum atomic E-state index is -0.413. The minimum Gasteiger partial charge on any atom is -0.493 e. The van der Waals surface area contributed by atoms with Crippen molar-refractivity contribution in [3.63, 3.8) is 0 Å². The summed E-state index contributed by atoms with van der Waals surface area (Å²) in [6.45, 7) is 0.628. The van der Waals surface area contributed by atoms with E-state index >= 15 is 0 Å². The molecule has 0 spiro atoms. The lowest BCUT2D eigenvalue weighted by atomic mass is 10.1. The number of carbonyl (C=O) groups excluding carboxylic acids is 1. The molecule has 0 unspecified atom stereocenters. The Balaban J connectivity index is 1.71. The third-order valence-electron chi connectivity index (χ3n) is 4.17. The Hall–Kier alpha value is -3.55. The lowest BCUT2D eigenvalue weighted by molar-refractivity contribution is -0.761. The summed E-state index contributed by atoms with van der Waals surface area (Å²) < 4.78 is 22.7. The summed E-state index contributed by atoms with van der Waals surface area (Å²) in [6, 6.07) is 13.3. The Labute approximate surface area is 162 Å². The SMILES string of the molecule is COc1ccc(C(=O)Nc2c[n+](CCc3ccccc3)no2)c(OC)c1OC. The first-order valence-corrected chi connectivity index (χ1v) is 8.67. The molecule has 8 heteroatoms. The maximum Gasteiger partial charge on any atom is 0.302 e. The first-order valence-electron chi connectivity index (χ1n) is 8.67. The first kappa shape index (κ1) is 19.2. The third-order valence-corrected chi connectivity index (χ3v) is 4.17. The molecule has 0 fully saturated rings. The van der Waals surface area contributed by atoms with Crippen molar-refractivity contribution in [1.29, 1.82) is 0 Å². The Bertz CT molecular complexity index is 940. The third kappa shape index (κ3) is 4.22. The van der Waals surface area contributed by atoms with Gasteiger partial charge in [0, 0.05) is 6.42 Å². The molecule has 146 valence electrons. The van der Waals surface area contributed by atoms with Gasteiger partial charge in [0.15, 0.2) is 18.0 Å². The molecule has 0 aliphatic carbocycles. The van der Waals surface area contributed by atoms with Crippen LogP contribution in [0.5, 0.6) is 17.2 Å². The zero-order valence-electron chi connectivity index (χ0n) is 16.0. The van der Waals surface area contributed by atoms with E-state index in [1.807, 2.05) is 30.3 Å². The molecular weight excluding hydrogens is 362 g/mol. The standard InChI is InChI=1S/C20H21N3O5/c1-25-16-10-9-15(18(26-2)19(16)27-3)20(24)21-17-13-23(22-28-17)12-11-14-7-5-4-6-8-14/h4-10,13H,11-12H2,1-3H3/p+1. The topological polar surface area (TPSA) is 86.7 Å². The molecule has 0 radical (unpaired) electrons. The van der Waals surface area contributed by atoms with Crippen LogP contribution in [0.2, 0.25) is 0 Å². The van der Waals surface area contributed by atoms with E-state index in [9.17, 15) is 4.79 Å². The Morgan fingerprint density at radius 3 is 2.46 bits per heavy atom. The Morgan fingerprint density at radius 2 is 1.79 bits per heavy atom. The second kappa shape index (κ2) is 8.90. The molecule has 0 aliphatic rings. The summed E-state index contributed by atoms with van der Waals surface area (Å²) in [6.07, 6.45) is 2.43. The molecule has 28 heavy (non-hydrogen) atoms. The molecule has 1 amide bonds. The zero-order chi connectivity index (χ0) is 19.9. The number of carbonyl (C=O) groups is 1. The van der Waals surface area contributed by atoms with Crippen molar-refractivity contribution < 1.29 is 28.2 Å². The molecule has 1 heterocycles. The normalized spacial score (nSPS) is 10.4. The second-order valence-electron chi connectivity index (χ2n) is 5.90. The fourth-order valence-electron chi connectivity index (χ4n) is 2.79. The quantitative estimate of drug-likeness (QED) is 0.601. The van der Waals surface area contributed by atoms with Crippen LogP contribution in [-0.4, -0.2) is 32.5 Å². The van der Waals surface area contributed by atoms with Gasteiger partial charge in [0.05, 0.1) is 26.9 Å². The molecule has 0 bridgehead atoms. The summed E-state index contributed by atoms with van der Waals surface area (Å²) >= 11 is 0. The minimum absolute atomic E-state index is 0.231. The fraction of sp³-hybridized carbons (Fsp3) is 0.250. The number of aromatic nitrogens is 2. The predicted molar refractivity (Wildman–Crippen MR) is 101 cm³/mol. The summed E-state index contributed by atoms with van der Waals surface area (Å²) in [5.41, 5.74) is 1.48. The van der Waals surface area contributed by atoms with E-state index in [1.54, 1.807) is 23.0 Å². The van der Waals surface area contributed by atoms with E-state index in [0.29, 0.717) is 18.0 Å². The second-order valence-corrected chi connectivity index (χ2v) is 5.90. The van der Waals surface area contributed by atoms with Crippen molar-refractivity contribution in [3.8, 4) is 17.2 Å². The van der Waals surface area contributed by atoms with Gasteiger partial charge in [0.1, 0.15) is 0 Å². The molecule has 3 aromatic rings. The lowest BCUT2D eigenvalue weighted by Gasteiger charge is -2.14. The van der Waals surface area contributed by atoms with Crippen LogP contribution in [0.4, 0.5) is 5.88 Å². The highest BCUT2D eigenvalue weighted by Gasteiger charge is 2.22. The highest BCUT2D eigenvalue weighted by atomic mass is 16.5. The van der Waals surface area contributed by atoms with Crippen molar-refractivity contribution in [2.24, 2.45) is 0 Å². The number of aryl methyl sites for hydroxylation is 2. The molecule has 1 aromatic heterocycles. The van der Waals surface area contributed by atoms with Gasteiger partial charge in [-0.1, -0.05) is 35.0 Å². The van der Waals surface area contributed by atoms with Gasteiger partial charge in [-0.25, -0.2) is 0 Å². The van der Waals surface area contributed by atoms with Crippen LogP contribution in [0, 0.1) is 0 Å². The summed E-state index contributed by atoms with van der Waals surface area (Å²) in [5, 5.41) is 6.61. The van der Waals surface area contributed by atoms with Crippen LogP contribution in [-0.2, 0) is 13.0 Å². The number of hydrogen-bond donors (Lipinski definition) is 1. The summed E-state index contributed by atoms with van der Waals surface area (Å²) in [5.74, 6) is 0.900. The summed E-state index contributed by atoms with van der Waals surface area (Å²) in [7, 11) is 4.45. The van der Waals surface area contributed by atoms with Crippen molar-refractivity contribution >= 4 is 11.8 Å². The van der Waals surface area contributed by atoms with Gasteiger partial charge in [0.2, 0.25) is 11.0 Å². The largest absolute Gasteiger partial charge is 0.493 e. The molecule has 2 aromatic carbocycles. The Morgan fingerprint density at radius 1 is 1.04 bits per heavy atom. The smallest absolute Gasteiger partial charge is 0.302 e. The van der Waals surface area contributed by atoms with Crippen molar-refractivity contribution in [2.45, 2.75) is 13.0 Å². The van der Waals surface area contributed by atoms with Crippen LogP contribution < -0.4 is 24.2 Å². The van der Waals surface area contributed by atoms with Crippen molar-refractivity contribution in [3.05, 3.63) is 59.8 Å². The number of anilines is 1. The number of hydrogen-bond acceptors (Lipinski definition) is 6. The van der Waals surface area contributed by atoms with E-state index < -0.39 is 5.91 Å². The van der Waals surface area contributed by atoms with E-state index in [2.05, 4.69) is 10.6 Å². The van der Waals surface area contributed by atoms with Gasteiger partial charge >= 0.3 is 5.88 Å². The molecule has 0 saturated heterocycles. The number of nitrogens with zero attached hydrogens (tertiary/aromatic N) is 2. The van der Waals surface area contributed by atoms with Crippen LogP contribution in [0.15, 0.2) is 53.2 Å². The van der Waals surface area contributed by atoms with E-state index in [-0.39, 0.29) is 17.2 Å². The lowest BCUT2D eigenvalue weighted by Crippen LogP contribution is -2.35. The average molecular weight is 384 g/mol. The van der Waals surface area contributed by atoms with Gasteiger partial charge in [-0.15, -0.1) is 0 Å². The van der Waals surface area contributed by atoms with Crippen LogP contribution in [0.3, 0.4) is 0 Å². The molecule has 0 saturated carbocycles. The van der Waals surface area contributed by atoms with E-state index in [4.69, 9.17) is 18.7 Å². The maximum atomic E-state index is 12.7. The average Bonchev–Trinajstić information content (AvgIpc) is 3.18. The van der Waals surface area contributed by atoms with Gasteiger partial charge in [-0.2, -0.15) is 0 Å². The molecule has 8 nitrogen and oxygen atoms in total. The van der Waals surface area contributed by atoms with E-state index in [1.165, 1.54) is 26.9 Å². The molecule has 0 atom stereocenters. The fourth-order valence-corrected chi connectivity index (χ4v) is 2.79. The monoisotopic (exact) mass is 384 g/mol. The highest BCUT2D eigenvalue weighted by molar-refractivity contribution is 6.06. The Kier molecular flexibility index (Phi) is 6.11. The maximum absolute atomic E-state index is 12.7. The summed E-state index contributed by atoms with van der Waals surface area (Å²) in [4.78, 5) is 12.7. The van der Waals surface area contributed by atoms with Gasteiger partial charge in [-0.3, -0.25) is 14.6 Å². The number of amides is 1. The van der Waals surface area contributed by atoms with Gasteiger partial charge in [0.25, 0.3) is 12.1 Å². The van der Waals surface area contributed by atoms with Gasteiger partial charge < -0.3 is 14.2 Å². The van der Waals surface area contributed by atoms with Gasteiger partial charge in [-0.05, 0) is 17.7 Å². The molecule has 0 aliphatic heterocycles. The first-order chi connectivity index (χ1) is 13.7. The van der Waals surface area contributed by atoms with Crippen molar-refractivity contribution in [2.75, 3.05) is 26.6 Å². The predicted octanol–water partition coefficient (Wildman–Crippen LogP) is 2.48. The number of benzene rings is 2. The number of methoxy groups -OCH3 is 3. The molecular formula is C20H22N3O5+.